The Bertz CT molecular complexity index is 1280. The van der Waals surface area contributed by atoms with Crippen LogP contribution < -0.4 is 14.5 Å². The lowest BCUT2D eigenvalue weighted by Gasteiger charge is -2.26. The van der Waals surface area contributed by atoms with Gasteiger partial charge >= 0.3 is 0 Å². The molecule has 5 rings (SSSR count). The normalized spacial score (nSPS) is 15.7. The minimum absolute atomic E-state index is 0.0543. The molecule has 166 valence electrons. The highest BCUT2D eigenvalue weighted by Gasteiger charge is 2.38. The number of methoxy groups -OCH3 is 1. The second kappa shape index (κ2) is 8.78. The number of nitrogens with zero attached hydrogens (tertiary/aromatic N) is 4. The summed E-state index contributed by atoms with van der Waals surface area (Å²) in [5.74, 6) is 0.165. The van der Waals surface area contributed by atoms with Crippen LogP contribution in [0.4, 0.5) is 11.4 Å². The van der Waals surface area contributed by atoms with Gasteiger partial charge in [-0.25, -0.2) is 4.98 Å². The first-order chi connectivity index (χ1) is 16.1. The van der Waals surface area contributed by atoms with Crippen molar-refractivity contribution in [2.75, 3.05) is 23.5 Å². The number of carbonyl (C=O) groups excluding carboxylic acids is 2. The second-order valence-corrected chi connectivity index (χ2v) is 8.04. The highest BCUT2D eigenvalue weighted by molar-refractivity contribution is 6.04. The molecule has 0 radical (unpaired) electrons. The van der Waals surface area contributed by atoms with Crippen LogP contribution in [-0.2, 0) is 16.1 Å². The highest BCUT2D eigenvalue weighted by Crippen LogP contribution is 2.30. The first kappa shape index (κ1) is 20.8. The number of aromatic nitrogens is 2. The average Bonchev–Trinajstić information content (AvgIpc) is 3.46. The largest absolute Gasteiger partial charge is 0.497 e. The van der Waals surface area contributed by atoms with Gasteiger partial charge in [-0.15, -0.1) is 0 Å². The molecule has 33 heavy (non-hydrogen) atoms. The molecule has 1 saturated heterocycles. The third kappa shape index (κ3) is 4.05. The van der Waals surface area contributed by atoms with Gasteiger partial charge in [0.1, 0.15) is 11.4 Å². The predicted octanol–water partition coefficient (Wildman–Crippen LogP) is 3.93. The van der Waals surface area contributed by atoms with Gasteiger partial charge in [0.05, 0.1) is 31.5 Å². The number of fused-ring (bicyclic) bond motifs is 1. The molecule has 2 amide bonds. The van der Waals surface area contributed by atoms with Crippen LogP contribution in [-0.4, -0.2) is 34.9 Å². The van der Waals surface area contributed by atoms with E-state index >= 15 is 0 Å². The summed E-state index contributed by atoms with van der Waals surface area (Å²) in [7, 11) is 1.60. The van der Waals surface area contributed by atoms with Crippen LogP contribution in [0.15, 0.2) is 85.2 Å². The predicted molar refractivity (Wildman–Crippen MR) is 126 cm³/mol. The number of amides is 2. The fraction of sp³-hybridized carbons (Fsp3) is 0.192. The Kier molecular flexibility index (Phi) is 5.52. The van der Waals surface area contributed by atoms with Gasteiger partial charge in [-0.05, 0) is 48.5 Å². The third-order valence-electron chi connectivity index (χ3n) is 6.01. The number of imidazole rings is 1. The molecule has 1 atom stereocenters. The second-order valence-electron chi connectivity index (χ2n) is 8.04. The Balaban J connectivity index is 1.42. The number of anilines is 2. The Morgan fingerprint density at radius 2 is 1.82 bits per heavy atom. The minimum Gasteiger partial charge on any atom is -0.497 e. The quantitative estimate of drug-likeness (QED) is 0.456. The Labute approximate surface area is 191 Å². The first-order valence-electron chi connectivity index (χ1n) is 10.9. The van der Waals surface area contributed by atoms with Gasteiger partial charge in [0.2, 0.25) is 11.8 Å². The zero-order valence-corrected chi connectivity index (χ0v) is 18.3. The molecule has 1 unspecified atom stereocenters. The molecular weight excluding hydrogens is 416 g/mol. The van der Waals surface area contributed by atoms with Crippen LogP contribution in [0.1, 0.15) is 12.1 Å². The SMILES string of the molecule is COc1ccc(N2CC(C(=O)N(Cc3cnc4ccccn34)c3ccccc3)CC2=O)cc1. The number of rotatable bonds is 6. The van der Waals surface area contributed by atoms with Gasteiger partial charge in [-0.2, -0.15) is 0 Å². The lowest BCUT2D eigenvalue weighted by Crippen LogP contribution is -2.37. The van der Waals surface area contributed by atoms with E-state index in [0.29, 0.717) is 13.1 Å². The number of carbonyl (C=O) groups is 2. The molecule has 0 bridgehead atoms. The van der Waals surface area contributed by atoms with Crippen molar-refractivity contribution in [3.8, 4) is 5.75 Å². The molecular formula is C26H24N4O3. The number of para-hydroxylation sites is 1. The fourth-order valence-corrected chi connectivity index (χ4v) is 4.27. The van der Waals surface area contributed by atoms with Gasteiger partial charge < -0.3 is 18.9 Å². The lowest BCUT2D eigenvalue weighted by atomic mass is 10.1. The Hall–Kier alpha value is -4.13. The van der Waals surface area contributed by atoms with Gasteiger partial charge in [0.25, 0.3) is 0 Å². The Morgan fingerprint density at radius 3 is 2.58 bits per heavy atom. The summed E-state index contributed by atoms with van der Waals surface area (Å²) in [5.41, 5.74) is 3.29. The molecule has 2 aromatic heterocycles. The van der Waals surface area contributed by atoms with Gasteiger partial charge in [0, 0.05) is 30.5 Å². The van der Waals surface area contributed by atoms with Gasteiger partial charge in [0.15, 0.2) is 0 Å². The number of hydrogen-bond acceptors (Lipinski definition) is 4. The molecule has 0 N–H and O–H groups in total. The number of benzene rings is 2. The smallest absolute Gasteiger partial charge is 0.232 e. The molecule has 2 aromatic carbocycles. The highest BCUT2D eigenvalue weighted by atomic mass is 16.5. The molecule has 7 nitrogen and oxygen atoms in total. The molecule has 1 aliphatic rings. The summed E-state index contributed by atoms with van der Waals surface area (Å²) >= 11 is 0. The summed E-state index contributed by atoms with van der Waals surface area (Å²) in [5, 5.41) is 0. The van der Waals surface area contributed by atoms with E-state index in [9.17, 15) is 9.59 Å². The van der Waals surface area contributed by atoms with Crippen molar-refractivity contribution in [1.82, 2.24) is 9.38 Å². The standard InChI is InChI=1S/C26H24N4O3/c1-33-23-12-10-21(11-13-23)29-17-19(15-25(29)31)26(32)30(20-7-3-2-4-8-20)18-22-16-27-24-9-5-6-14-28(22)24/h2-14,16,19H,15,17-18H2,1H3. The summed E-state index contributed by atoms with van der Waals surface area (Å²) < 4.78 is 7.19. The van der Waals surface area contributed by atoms with Crippen molar-refractivity contribution in [2.45, 2.75) is 13.0 Å². The number of ether oxygens (including phenoxy) is 1. The van der Waals surface area contributed by atoms with E-state index in [4.69, 9.17) is 4.74 Å². The molecule has 7 heteroatoms. The van der Waals surface area contributed by atoms with E-state index in [1.807, 2.05) is 83.4 Å². The lowest BCUT2D eigenvalue weighted by molar-refractivity contribution is -0.124. The van der Waals surface area contributed by atoms with E-state index in [0.717, 1.165) is 28.5 Å². The van der Waals surface area contributed by atoms with Gasteiger partial charge in [-0.3, -0.25) is 9.59 Å². The van der Waals surface area contributed by atoms with Crippen molar-refractivity contribution in [1.29, 1.82) is 0 Å². The van der Waals surface area contributed by atoms with Crippen LogP contribution >= 0.6 is 0 Å². The maximum Gasteiger partial charge on any atom is 0.232 e. The van der Waals surface area contributed by atoms with Crippen molar-refractivity contribution in [2.24, 2.45) is 5.92 Å². The van der Waals surface area contributed by atoms with E-state index in [2.05, 4.69) is 4.98 Å². The number of pyridine rings is 1. The molecule has 0 aliphatic carbocycles. The third-order valence-corrected chi connectivity index (χ3v) is 6.01. The monoisotopic (exact) mass is 440 g/mol. The van der Waals surface area contributed by atoms with E-state index < -0.39 is 5.92 Å². The number of hydrogen-bond donors (Lipinski definition) is 0. The minimum atomic E-state index is -0.431. The first-order valence-corrected chi connectivity index (χ1v) is 10.9. The van der Waals surface area contributed by atoms with Crippen LogP contribution in [0.2, 0.25) is 0 Å². The molecule has 1 fully saturated rings. The molecule has 0 saturated carbocycles. The van der Waals surface area contributed by atoms with Crippen LogP contribution in [0.3, 0.4) is 0 Å². The van der Waals surface area contributed by atoms with Gasteiger partial charge in [-0.1, -0.05) is 24.3 Å². The Morgan fingerprint density at radius 1 is 1.06 bits per heavy atom. The maximum atomic E-state index is 13.7. The van der Waals surface area contributed by atoms with Crippen molar-refractivity contribution in [3.63, 3.8) is 0 Å². The van der Waals surface area contributed by atoms with Crippen LogP contribution in [0.5, 0.6) is 5.75 Å². The van der Waals surface area contributed by atoms with Crippen molar-refractivity contribution in [3.05, 3.63) is 90.9 Å². The van der Waals surface area contributed by atoms with Crippen molar-refractivity contribution < 1.29 is 14.3 Å². The molecule has 1 aliphatic heterocycles. The van der Waals surface area contributed by atoms with E-state index in [1.54, 1.807) is 23.1 Å². The summed E-state index contributed by atoms with van der Waals surface area (Å²) in [4.78, 5) is 34.4. The van der Waals surface area contributed by atoms with E-state index in [1.165, 1.54) is 0 Å². The summed E-state index contributed by atoms with van der Waals surface area (Å²) in [6.07, 6.45) is 3.92. The van der Waals surface area contributed by atoms with Crippen LogP contribution in [0.25, 0.3) is 5.65 Å². The summed E-state index contributed by atoms with van der Waals surface area (Å²) in [6, 6.07) is 22.7. The molecule has 4 aromatic rings. The zero-order chi connectivity index (χ0) is 22.8. The molecule has 0 spiro atoms. The summed E-state index contributed by atoms with van der Waals surface area (Å²) in [6.45, 7) is 0.710. The maximum absolute atomic E-state index is 13.7. The van der Waals surface area contributed by atoms with Crippen molar-refractivity contribution >= 4 is 28.8 Å². The van der Waals surface area contributed by atoms with E-state index in [-0.39, 0.29) is 18.2 Å². The molecule has 3 heterocycles. The fourth-order valence-electron chi connectivity index (χ4n) is 4.27. The topological polar surface area (TPSA) is 67.2 Å². The zero-order valence-electron chi connectivity index (χ0n) is 18.3. The average molecular weight is 441 g/mol. The van der Waals surface area contributed by atoms with Crippen LogP contribution in [0, 0.1) is 5.92 Å².